The van der Waals surface area contributed by atoms with E-state index in [1.54, 1.807) is 24.8 Å². The highest BCUT2D eigenvalue weighted by molar-refractivity contribution is 5.85. The van der Waals surface area contributed by atoms with Crippen molar-refractivity contribution >= 4 is 29.4 Å². The second-order valence-electron chi connectivity index (χ2n) is 6.93. The quantitative estimate of drug-likeness (QED) is 0.696. The lowest BCUT2D eigenvalue weighted by Crippen LogP contribution is -2.33. The van der Waals surface area contributed by atoms with Gasteiger partial charge in [0.25, 0.3) is 0 Å². The van der Waals surface area contributed by atoms with E-state index in [1.165, 1.54) is 6.42 Å². The summed E-state index contributed by atoms with van der Waals surface area (Å²) in [5, 5.41) is 3.41. The third-order valence-electron chi connectivity index (χ3n) is 4.61. The molecule has 0 amide bonds. The average molecular weight is 402 g/mol. The van der Waals surface area contributed by atoms with Crippen LogP contribution in [0.1, 0.15) is 12.8 Å². The summed E-state index contributed by atoms with van der Waals surface area (Å²) in [7, 11) is 3.82. The van der Waals surface area contributed by atoms with Crippen LogP contribution < -0.4 is 15.0 Å². The Bertz CT molecular complexity index is 914. The molecule has 4 rings (SSSR count). The lowest BCUT2D eigenvalue weighted by molar-refractivity contribution is 0.214. The molecule has 1 aliphatic rings. The lowest BCUT2D eigenvalue weighted by atomic mass is 10.0. The SMILES string of the molecule is CN(C)c1ncc(-c2cc3nccnc3c(OC[C@H]3CCCNC3)n2)cn1.Cl. The lowest BCUT2D eigenvalue weighted by Gasteiger charge is -2.22. The summed E-state index contributed by atoms with van der Waals surface area (Å²) in [5.41, 5.74) is 2.97. The molecule has 0 radical (unpaired) electrons. The van der Waals surface area contributed by atoms with Crippen LogP contribution in [-0.2, 0) is 0 Å². The van der Waals surface area contributed by atoms with Crippen LogP contribution in [0, 0.1) is 5.92 Å². The molecule has 0 aromatic carbocycles. The second kappa shape index (κ2) is 9.07. The molecule has 9 heteroatoms. The fourth-order valence-corrected chi connectivity index (χ4v) is 3.14. The molecule has 1 fully saturated rings. The summed E-state index contributed by atoms with van der Waals surface area (Å²) in [5.74, 6) is 1.65. The summed E-state index contributed by atoms with van der Waals surface area (Å²) in [4.78, 5) is 24.1. The minimum Gasteiger partial charge on any atom is -0.476 e. The van der Waals surface area contributed by atoms with Gasteiger partial charge in [-0.05, 0) is 25.5 Å². The molecule has 1 aliphatic heterocycles. The highest BCUT2D eigenvalue weighted by Gasteiger charge is 2.17. The molecule has 0 saturated carbocycles. The van der Waals surface area contributed by atoms with Crippen molar-refractivity contribution in [3.8, 4) is 17.1 Å². The Morgan fingerprint density at radius 3 is 2.64 bits per heavy atom. The Morgan fingerprint density at radius 1 is 1.14 bits per heavy atom. The van der Waals surface area contributed by atoms with Crippen molar-refractivity contribution in [1.29, 1.82) is 0 Å². The summed E-state index contributed by atoms with van der Waals surface area (Å²) < 4.78 is 6.08. The number of ether oxygens (including phenoxy) is 1. The van der Waals surface area contributed by atoms with Crippen molar-refractivity contribution in [3.05, 3.63) is 30.9 Å². The van der Waals surface area contributed by atoms with Gasteiger partial charge in [0.1, 0.15) is 0 Å². The second-order valence-corrected chi connectivity index (χ2v) is 6.93. The monoisotopic (exact) mass is 401 g/mol. The van der Waals surface area contributed by atoms with Gasteiger partial charge in [0, 0.05) is 56.9 Å². The van der Waals surface area contributed by atoms with E-state index in [9.17, 15) is 0 Å². The number of pyridine rings is 1. The predicted molar refractivity (Wildman–Crippen MR) is 111 cm³/mol. The Labute approximate surface area is 170 Å². The van der Waals surface area contributed by atoms with Crippen molar-refractivity contribution in [2.45, 2.75) is 12.8 Å². The number of aromatic nitrogens is 5. The van der Waals surface area contributed by atoms with E-state index in [4.69, 9.17) is 9.72 Å². The van der Waals surface area contributed by atoms with Crippen molar-refractivity contribution in [3.63, 3.8) is 0 Å². The van der Waals surface area contributed by atoms with Crippen LogP contribution in [0.15, 0.2) is 30.9 Å². The van der Waals surface area contributed by atoms with Crippen LogP contribution in [0.4, 0.5) is 5.95 Å². The topological polar surface area (TPSA) is 89.0 Å². The number of hydrogen-bond acceptors (Lipinski definition) is 8. The summed E-state index contributed by atoms with van der Waals surface area (Å²) in [6, 6.07) is 1.89. The van der Waals surface area contributed by atoms with Gasteiger partial charge in [0.15, 0.2) is 5.52 Å². The molecule has 4 heterocycles. The maximum absolute atomic E-state index is 6.08. The van der Waals surface area contributed by atoms with Crippen LogP contribution in [0.2, 0.25) is 0 Å². The highest BCUT2D eigenvalue weighted by atomic mass is 35.5. The van der Waals surface area contributed by atoms with E-state index in [-0.39, 0.29) is 12.4 Å². The summed E-state index contributed by atoms with van der Waals surface area (Å²) >= 11 is 0. The molecule has 0 bridgehead atoms. The number of nitrogens with one attached hydrogen (secondary N) is 1. The van der Waals surface area contributed by atoms with Crippen molar-refractivity contribution < 1.29 is 4.74 Å². The number of anilines is 1. The molecule has 1 saturated heterocycles. The molecular formula is C19H24ClN7O. The molecule has 0 spiro atoms. The molecule has 3 aromatic heterocycles. The standard InChI is InChI=1S/C19H23N7O.ClH/c1-26(2)19-23-10-14(11-24-19)15-8-16-17(22-7-6-21-16)18(25-15)27-12-13-4-3-5-20-9-13;/h6-8,10-11,13,20H,3-5,9,12H2,1-2H3;1H/t13-;/m0./s1. The van der Waals surface area contributed by atoms with Gasteiger partial charge in [0.05, 0.1) is 17.8 Å². The van der Waals surface area contributed by atoms with E-state index in [2.05, 4.69) is 25.3 Å². The van der Waals surface area contributed by atoms with E-state index in [0.717, 1.165) is 36.3 Å². The third-order valence-corrected chi connectivity index (χ3v) is 4.61. The fourth-order valence-electron chi connectivity index (χ4n) is 3.14. The molecule has 1 N–H and O–H groups in total. The van der Waals surface area contributed by atoms with E-state index >= 15 is 0 Å². The van der Waals surface area contributed by atoms with E-state index < -0.39 is 0 Å². The van der Waals surface area contributed by atoms with Crippen LogP contribution >= 0.6 is 12.4 Å². The van der Waals surface area contributed by atoms with Crippen molar-refractivity contribution in [2.75, 3.05) is 38.7 Å². The van der Waals surface area contributed by atoms with Crippen molar-refractivity contribution in [1.82, 2.24) is 30.2 Å². The van der Waals surface area contributed by atoms with Gasteiger partial charge in [0.2, 0.25) is 11.8 Å². The van der Waals surface area contributed by atoms with Crippen LogP contribution in [0.3, 0.4) is 0 Å². The Kier molecular flexibility index (Phi) is 6.53. The summed E-state index contributed by atoms with van der Waals surface area (Å²) in [6.07, 6.45) is 9.21. The Morgan fingerprint density at radius 2 is 1.93 bits per heavy atom. The van der Waals surface area contributed by atoms with Gasteiger partial charge >= 0.3 is 0 Å². The predicted octanol–water partition coefficient (Wildman–Crippen LogP) is 2.35. The minimum atomic E-state index is 0. The Balaban J connectivity index is 0.00000225. The van der Waals surface area contributed by atoms with Gasteiger partial charge in [-0.1, -0.05) is 0 Å². The molecular weight excluding hydrogens is 378 g/mol. The number of halogens is 1. The van der Waals surface area contributed by atoms with Crippen LogP contribution in [0.25, 0.3) is 22.3 Å². The molecule has 0 aliphatic carbocycles. The first kappa shape index (κ1) is 20.2. The molecule has 0 unspecified atom stereocenters. The zero-order valence-electron chi connectivity index (χ0n) is 16.0. The number of piperidine rings is 1. The highest BCUT2D eigenvalue weighted by Crippen LogP contribution is 2.27. The first-order valence-corrected chi connectivity index (χ1v) is 9.16. The molecule has 1 atom stereocenters. The number of nitrogens with zero attached hydrogens (tertiary/aromatic N) is 6. The first-order chi connectivity index (χ1) is 13.2. The minimum absolute atomic E-state index is 0. The zero-order chi connectivity index (χ0) is 18.6. The van der Waals surface area contributed by atoms with Crippen LogP contribution in [-0.4, -0.2) is 58.7 Å². The molecule has 8 nitrogen and oxygen atoms in total. The van der Waals surface area contributed by atoms with Gasteiger partial charge in [-0.25, -0.2) is 19.9 Å². The van der Waals surface area contributed by atoms with Gasteiger partial charge < -0.3 is 15.0 Å². The van der Waals surface area contributed by atoms with Gasteiger partial charge in [-0.2, -0.15) is 0 Å². The van der Waals surface area contributed by atoms with E-state index in [1.807, 2.05) is 25.1 Å². The molecule has 148 valence electrons. The number of fused-ring (bicyclic) bond motifs is 1. The van der Waals surface area contributed by atoms with Gasteiger partial charge in [-0.3, -0.25) is 4.98 Å². The maximum Gasteiger partial charge on any atom is 0.242 e. The van der Waals surface area contributed by atoms with Gasteiger partial charge in [-0.15, -0.1) is 12.4 Å². The molecule has 3 aromatic rings. The smallest absolute Gasteiger partial charge is 0.242 e. The number of rotatable bonds is 5. The van der Waals surface area contributed by atoms with E-state index in [0.29, 0.717) is 29.9 Å². The third kappa shape index (κ3) is 4.45. The van der Waals surface area contributed by atoms with Crippen LogP contribution in [0.5, 0.6) is 5.88 Å². The zero-order valence-corrected chi connectivity index (χ0v) is 16.8. The first-order valence-electron chi connectivity index (χ1n) is 9.16. The summed E-state index contributed by atoms with van der Waals surface area (Å²) in [6.45, 7) is 2.68. The number of hydrogen-bond donors (Lipinski definition) is 1. The maximum atomic E-state index is 6.08. The van der Waals surface area contributed by atoms with Crippen molar-refractivity contribution in [2.24, 2.45) is 5.92 Å². The largest absolute Gasteiger partial charge is 0.476 e. The molecule has 28 heavy (non-hydrogen) atoms. The Hall–Kier alpha value is -2.58. The fraction of sp³-hybridized carbons (Fsp3) is 0.421. The normalized spacial score (nSPS) is 16.4. The average Bonchev–Trinajstić information content (AvgIpc) is 2.72.